The maximum Gasteiger partial charge on any atom is 0.282 e. The van der Waals surface area contributed by atoms with Gasteiger partial charge in [0, 0.05) is 42.2 Å². The van der Waals surface area contributed by atoms with Gasteiger partial charge in [0.15, 0.2) is 0 Å². The smallest absolute Gasteiger partial charge is 0.282 e. The molecule has 13 heteroatoms. The number of H-pyrrole nitrogens is 1. The summed E-state index contributed by atoms with van der Waals surface area (Å²) in [6.07, 6.45) is 0.646. The van der Waals surface area contributed by atoms with E-state index in [1.165, 1.54) is 37.4 Å². The number of carbonyl (C=O) groups is 2. The van der Waals surface area contributed by atoms with Crippen molar-refractivity contribution >= 4 is 35.0 Å². The molecule has 0 saturated heterocycles. The molecular weight excluding hydrogens is 481 g/mol. The van der Waals surface area contributed by atoms with Gasteiger partial charge in [-0.15, -0.1) is 0 Å². The number of aromatic amines is 1. The molecule has 0 aliphatic rings. The predicted octanol–water partition coefficient (Wildman–Crippen LogP) is 3.68. The first-order chi connectivity index (χ1) is 15.5. The standard InChI is InChI=1S/C16H17Cl2F2N3O2.C4H5N3O/c1-8(14(25-3)10-5-4-9(17)6-12(10)18)21-16(24)11-7-23(2)22-13(11)15(19)20;5-4(8)3-1-6-7-2-3/h4-8,14-15H,1-3H3,(H,21,24);1-2H,(H2,5,8)(H,6,7). The van der Waals surface area contributed by atoms with Crippen LogP contribution in [0, 0.1) is 0 Å². The zero-order valence-electron chi connectivity index (χ0n) is 17.9. The fourth-order valence-corrected chi connectivity index (χ4v) is 3.44. The molecule has 33 heavy (non-hydrogen) atoms. The van der Waals surface area contributed by atoms with Crippen LogP contribution in [0.15, 0.2) is 36.8 Å². The van der Waals surface area contributed by atoms with Crippen LogP contribution in [-0.2, 0) is 11.8 Å². The quantitative estimate of drug-likeness (QED) is 0.453. The van der Waals surface area contributed by atoms with Crippen molar-refractivity contribution in [3.05, 3.63) is 69.2 Å². The summed E-state index contributed by atoms with van der Waals surface area (Å²) in [6.45, 7) is 1.69. The van der Waals surface area contributed by atoms with Gasteiger partial charge in [0.1, 0.15) is 11.8 Å². The molecule has 0 fully saturated rings. The number of hydrogen-bond donors (Lipinski definition) is 3. The highest BCUT2D eigenvalue weighted by Crippen LogP contribution is 2.30. The van der Waals surface area contributed by atoms with E-state index in [0.717, 1.165) is 0 Å². The number of halogens is 4. The second-order valence-corrected chi connectivity index (χ2v) is 7.68. The Morgan fingerprint density at radius 3 is 2.48 bits per heavy atom. The molecule has 1 aromatic carbocycles. The second kappa shape index (κ2) is 11.7. The molecule has 2 heterocycles. The van der Waals surface area contributed by atoms with Gasteiger partial charge in [-0.2, -0.15) is 10.2 Å². The van der Waals surface area contributed by atoms with Gasteiger partial charge in [-0.25, -0.2) is 8.78 Å². The summed E-state index contributed by atoms with van der Waals surface area (Å²) in [4.78, 5) is 22.6. The van der Waals surface area contributed by atoms with Crippen molar-refractivity contribution in [2.75, 3.05) is 7.11 Å². The molecule has 0 aliphatic heterocycles. The normalized spacial score (nSPS) is 12.6. The largest absolute Gasteiger partial charge is 0.375 e. The third-order valence-corrected chi connectivity index (χ3v) is 4.99. The van der Waals surface area contributed by atoms with E-state index in [9.17, 15) is 18.4 Å². The Labute approximate surface area is 198 Å². The van der Waals surface area contributed by atoms with Crippen LogP contribution < -0.4 is 11.1 Å². The molecule has 3 aromatic rings. The van der Waals surface area contributed by atoms with Crippen LogP contribution in [0.2, 0.25) is 10.0 Å². The number of carbonyl (C=O) groups excluding carboxylic acids is 2. The molecule has 0 aliphatic carbocycles. The molecule has 3 rings (SSSR count). The van der Waals surface area contributed by atoms with Crippen molar-refractivity contribution in [3.8, 4) is 0 Å². The molecule has 0 spiro atoms. The number of primary amides is 1. The van der Waals surface area contributed by atoms with E-state index in [1.54, 1.807) is 25.1 Å². The Kier molecular flexibility index (Phi) is 9.32. The lowest BCUT2D eigenvalue weighted by Gasteiger charge is -2.25. The Hall–Kier alpha value is -3.02. The average molecular weight is 503 g/mol. The van der Waals surface area contributed by atoms with Gasteiger partial charge < -0.3 is 15.8 Å². The van der Waals surface area contributed by atoms with Crippen LogP contribution >= 0.6 is 23.2 Å². The van der Waals surface area contributed by atoms with Crippen molar-refractivity contribution in [1.29, 1.82) is 0 Å². The van der Waals surface area contributed by atoms with E-state index in [1.807, 2.05) is 0 Å². The number of amides is 2. The molecule has 178 valence electrons. The number of rotatable bonds is 7. The van der Waals surface area contributed by atoms with Crippen LogP contribution in [0.1, 0.15) is 51.4 Å². The van der Waals surface area contributed by atoms with Crippen molar-refractivity contribution in [2.24, 2.45) is 12.8 Å². The minimum absolute atomic E-state index is 0.179. The molecule has 4 N–H and O–H groups in total. The lowest BCUT2D eigenvalue weighted by Crippen LogP contribution is -2.38. The summed E-state index contributed by atoms with van der Waals surface area (Å²) in [5.74, 6) is -1.12. The molecule has 0 radical (unpaired) electrons. The first kappa shape index (κ1) is 26.2. The highest BCUT2D eigenvalue weighted by molar-refractivity contribution is 6.35. The number of nitrogens with two attached hydrogens (primary N) is 1. The summed E-state index contributed by atoms with van der Waals surface area (Å²) in [6, 6.07) is 4.37. The molecule has 9 nitrogen and oxygen atoms in total. The van der Waals surface area contributed by atoms with Crippen LogP contribution in [0.3, 0.4) is 0 Å². The number of ether oxygens (including phenoxy) is 1. The number of aromatic nitrogens is 4. The van der Waals surface area contributed by atoms with Gasteiger partial charge >= 0.3 is 0 Å². The van der Waals surface area contributed by atoms with Gasteiger partial charge in [0.2, 0.25) is 0 Å². The molecule has 2 aromatic heterocycles. The lowest BCUT2D eigenvalue weighted by atomic mass is 10.0. The summed E-state index contributed by atoms with van der Waals surface area (Å²) in [5.41, 5.74) is 5.15. The maximum atomic E-state index is 13.0. The SMILES string of the molecule is COC(c1ccc(Cl)cc1Cl)C(C)NC(=O)c1cn(C)nc1C(F)F.NC(=O)c1cn[nH]c1. The summed E-state index contributed by atoms with van der Waals surface area (Å²) < 4.78 is 32.6. The summed E-state index contributed by atoms with van der Waals surface area (Å²) in [5, 5.41) is 13.1. The number of hydrogen-bond acceptors (Lipinski definition) is 5. The second-order valence-electron chi connectivity index (χ2n) is 6.84. The van der Waals surface area contributed by atoms with Crippen LogP contribution in [-0.4, -0.2) is 44.9 Å². The number of alkyl halides is 2. The Bertz CT molecular complexity index is 1090. The molecular formula is C20H22Cl2F2N6O3. The van der Waals surface area contributed by atoms with Crippen LogP contribution in [0.5, 0.6) is 0 Å². The Morgan fingerprint density at radius 2 is 2.00 bits per heavy atom. The van der Waals surface area contributed by atoms with E-state index < -0.39 is 36.1 Å². The van der Waals surface area contributed by atoms with Gasteiger partial charge in [-0.05, 0) is 19.1 Å². The lowest BCUT2D eigenvalue weighted by molar-refractivity contribution is 0.0641. The van der Waals surface area contributed by atoms with Crippen molar-refractivity contribution in [3.63, 3.8) is 0 Å². The zero-order valence-corrected chi connectivity index (χ0v) is 19.4. The minimum atomic E-state index is -2.85. The predicted molar refractivity (Wildman–Crippen MR) is 118 cm³/mol. The fourth-order valence-electron chi connectivity index (χ4n) is 2.92. The molecule has 2 atom stereocenters. The monoisotopic (exact) mass is 502 g/mol. The highest BCUT2D eigenvalue weighted by atomic mass is 35.5. The van der Waals surface area contributed by atoms with Gasteiger partial charge in [0.05, 0.1) is 23.4 Å². The van der Waals surface area contributed by atoms with E-state index in [2.05, 4.69) is 20.6 Å². The molecule has 2 unspecified atom stereocenters. The zero-order chi connectivity index (χ0) is 24.7. The minimum Gasteiger partial charge on any atom is -0.375 e. The van der Waals surface area contributed by atoms with Crippen LogP contribution in [0.4, 0.5) is 8.78 Å². The highest BCUT2D eigenvalue weighted by Gasteiger charge is 2.27. The van der Waals surface area contributed by atoms with Crippen LogP contribution in [0.25, 0.3) is 0 Å². The van der Waals surface area contributed by atoms with E-state index in [0.29, 0.717) is 21.2 Å². The molecule has 0 bridgehead atoms. The molecule has 2 amide bonds. The number of nitrogens with one attached hydrogen (secondary N) is 2. The number of aryl methyl sites for hydroxylation is 1. The first-order valence-corrected chi connectivity index (χ1v) is 10.2. The third kappa shape index (κ3) is 6.98. The summed E-state index contributed by atoms with van der Waals surface area (Å²) in [7, 11) is 2.93. The number of nitrogens with zero attached hydrogens (tertiary/aromatic N) is 3. The topological polar surface area (TPSA) is 128 Å². The van der Waals surface area contributed by atoms with Crippen molar-refractivity contribution in [2.45, 2.75) is 25.5 Å². The van der Waals surface area contributed by atoms with Crippen molar-refractivity contribution < 1.29 is 23.1 Å². The molecule has 0 saturated carbocycles. The Balaban J connectivity index is 0.000000405. The first-order valence-electron chi connectivity index (χ1n) is 9.44. The van der Waals surface area contributed by atoms with E-state index in [4.69, 9.17) is 33.7 Å². The summed E-state index contributed by atoms with van der Waals surface area (Å²) >= 11 is 12.1. The van der Waals surface area contributed by atoms with E-state index >= 15 is 0 Å². The van der Waals surface area contributed by atoms with Crippen molar-refractivity contribution in [1.82, 2.24) is 25.3 Å². The van der Waals surface area contributed by atoms with Gasteiger partial charge in [-0.1, -0.05) is 29.3 Å². The third-order valence-electron chi connectivity index (χ3n) is 4.43. The maximum absolute atomic E-state index is 13.0. The number of methoxy groups -OCH3 is 1. The Morgan fingerprint density at radius 1 is 1.30 bits per heavy atom. The average Bonchev–Trinajstić information content (AvgIpc) is 3.40. The van der Waals surface area contributed by atoms with Gasteiger partial charge in [-0.3, -0.25) is 19.4 Å². The fraction of sp³-hybridized carbons (Fsp3) is 0.300. The van der Waals surface area contributed by atoms with E-state index in [-0.39, 0.29) is 5.56 Å². The van der Waals surface area contributed by atoms with Gasteiger partial charge in [0.25, 0.3) is 18.2 Å². The number of benzene rings is 1.